The van der Waals surface area contributed by atoms with Crippen molar-refractivity contribution in [3.63, 3.8) is 0 Å². The molecule has 0 aliphatic carbocycles. The van der Waals surface area contributed by atoms with Gasteiger partial charge in [0.15, 0.2) is 0 Å². The number of imide groups is 1. The molecule has 0 atom stereocenters. The number of benzene rings is 1. The maximum absolute atomic E-state index is 12.3. The van der Waals surface area contributed by atoms with Gasteiger partial charge >= 0.3 is 0 Å². The van der Waals surface area contributed by atoms with Gasteiger partial charge in [-0.05, 0) is 48.5 Å². The van der Waals surface area contributed by atoms with E-state index in [1.807, 2.05) is 25.1 Å². The number of nitrogens with one attached hydrogen (secondary N) is 1. The molecule has 2 heterocycles. The molecular formula is C17H14N2O4S. The molecule has 2 aromatic rings. The number of nitrogens with zero attached hydrogens (tertiary/aromatic N) is 1. The van der Waals surface area contributed by atoms with Crippen LogP contribution < -0.4 is 5.32 Å². The van der Waals surface area contributed by atoms with Gasteiger partial charge in [-0.1, -0.05) is 12.1 Å². The minimum absolute atomic E-state index is 0.235. The monoisotopic (exact) mass is 342 g/mol. The zero-order valence-electron chi connectivity index (χ0n) is 12.8. The maximum atomic E-state index is 12.3. The van der Waals surface area contributed by atoms with Gasteiger partial charge in [-0.3, -0.25) is 19.3 Å². The highest BCUT2D eigenvalue weighted by atomic mass is 32.2. The van der Waals surface area contributed by atoms with Crippen LogP contribution in [0.2, 0.25) is 0 Å². The second-order valence-corrected chi connectivity index (χ2v) is 6.19. The van der Waals surface area contributed by atoms with Gasteiger partial charge in [0.1, 0.15) is 12.3 Å². The molecular weight excluding hydrogens is 328 g/mol. The molecule has 0 spiro atoms. The molecule has 24 heavy (non-hydrogen) atoms. The largest absolute Gasteiger partial charge is 0.465 e. The van der Waals surface area contributed by atoms with E-state index in [1.54, 1.807) is 18.2 Å². The first-order valence-electron chi connectivity index (χ1n) is 7.18. The maximum Gasteiger partial charge on any atom is 0.294 e. The SMILES string of the molecule is Cc1cccc(NC(=O)CN2C(=O)SC(=Cc3ccco3)C2=O)c1. The standard InChI is InChI=1S/C17H14N2O4S/c1-11-4-2-5-12(8-11)18-15(20)10-19-16(21)14(24-17(19)22)9-13-6-3-7-23-13/h2-9H,10H2,1H3,(H,18,20). The number of amides is 3. The fourth-order valence-corrected chi connectivity index (χ4v) is 3.02. The molecule has 1 saturated heterocycles. The fourth-order valence-electron chi connectivity index (χ4n) is 2.21. The number of anilines is 1. The van der Waals surface area contributed by atoms with Crippen molar-refractivity contribution in [3.8, 4) is 0 Å². The van der Waals surface area contributed by atoms with Crippen LogP contribution in [0, 0.1) is 6.92 Å². The number of aryl methyl sites for hydroxylation is 1. The smallest absolute Gasteiger partial charge is 0.294 e. The molecule has 7 heteroatoms. The second-order valence-electron chi connectivity index (χ2n) is 5.20. The van der Waals surface area contributed by atoms with E-state index < -0.39 is 17.1 Å². The average Bonchev–Trinajstić information content (AvgIpc) is 3.12. The van der Waals surface area contributed by atoms with Crippen molar-refractivity contribution in [1.29, 1.82) is 0 Å². The number of carbonyl (C=O) groups excluding carboxylic acids is 3. The van der Waals surface area contributed by atoms with Gasteiger partial charge in [0.05, 0.1) is 11.2 Å². The number of hydrogen-bond acceptors (Lipinski definition) is 5. The van der Waals surface area contributed by atoms with E-state index in [1.165, 1.54) is 12.3 Å². The molecule has 1 N–H and O–H groups in total. The van der Waals surface area contributed by atoms with Crippen molar-refractivity contribution in [2.45, 2.75) is 6.92 Å². The van der Waals surface area contributed by atoms with Crippen LogP contribution in [0.1, 0.15) is 11.3 Å². The Balaban J connectivity index is 1.67. The van der Waals surface area contributed by atoms with Crippen LogP contribution in [0.25, 0.3) is 6.08 Å². The summed E-state index contributed by atoms with van der Waals surface area (Å²) in [6.07, 6.45) is 2.97. The zero-order chi connectivity index (χ0) is 17.1. The average molecular weight is 342 g/mol. The van der Waals surface area contributed by atoms with Crippen LogP contribution in [0.3, 0.4) is 0 Å². The van der Waals surface area contributed by atoms with Crippen LogP contribution >= 0.6 is 11.8 Å². The van der Waals surface area contributed by atoms with E-state index in [2.05, 4.69) is 5.32 Å². The third kappa shape index (κ3) is 3.57. The van der Waals surface area contributed by atoms with Gasteiger partial charge in [-0.15, -0.1) is 0 Å². The Morgan fingerprint density at radius 3 is 2.83 bits per heavy atom. The molecule has 1 aromatic heterocycles. The lowest BCUT2D eigenvalue weighted by molar-refractivity contribution is -0.127. The van der Waals surface area contributed by atoms with E-state index in [4.69, 9.17) is 4.42 Å². The molecule has 1 aliphatic heterocycles. The van der Waals surface area contributed by atoms with Crippen LogP contribution in [0.15, 0.2) is 52.0 Å². The van der Waals surface area contributed by atoms with Crippen LogP contribution in [0.5, 0.6) is 0 Å². The van der Waals surface area contributed by atoms with Gasteiger partial charge in [-0.25, -0.2) is 0 Å². The first-order valence-corrected chi connectivity index (χ1v) is 8.00. The van der Waals surface area contributed by atoms with E-state index in [0.717, 1.165) is 22.2 Å². The first kappa shape index (κ1) is 16.1. The minimum atomic E-state index is -0.499. The lowest BCUT2D eigenvalue weighted by atomic mass is 10.2. The lowest BCUT2D eigenvalue weighted by Gasteiger charge is -2.12. The van der Waals surface area contributed by atoms with E-state index in [-0.39, 0.29) is 11.4 Å². The Morgan fingerprint density at radius 1 is 1.29 bits per heavy atom. The highest BCUT2D eigenvalue weighted by Gasteiger charge is 2.36. The number of rotatable bonds is 4. The summed E-state index contributed by atoms with van der Waals surface area (Å²) in [7, 11) is 0. The Bertz CT molecular complexity index is 827. The van der Waals surface area contributed by atoms with Crippen molar-refractivity contribution in [1.82, 2.24) is 4.90 Å². The predicted molar refractivity (Wildman–Crippen MR) is 91.2 cm³/mol. The molecule has 122 valence electrons. The highest BCUT2D eigenvalue weighted by Crippen LogP contribution is 2.32. The van der Waals surface area contributed by atoms with Gasteiger partial charge in [-0.2, -0.15) is 0 Å². The first-order chi connectivity index (χ1) is 11.5. The molecule has 1 aromatic carbocycles. The van der Waals surface area contributed by atoms with Crippen LogP contribution in [0.4, 0.5) is 10.5 Å². The number of carbonyl (C=O) groups is 3. The van der Waals surface area contributed by atoms with Gasteiger partial charge in [0, 0.05) is 11.8 Å². The molecule has 3 amide bonds. The summed E-state index contributed by atoms with van der Waals surface area (Å²) in [5, 5.41) is 2.20. The Morgan fingerprint density at radius 2 is 2.12 bits per heavy atom. The van der Waals surface area contributed by atoms with Crippen molar-refractivity contribution >= 4 is 40.6 Å². The molecule has 0 saturated carbocycles. The van der Waals surface area contributed by atoms with E-state index >= 15 is 0 Å². The quantitative estimate of drug-likeness (QED) is 0.863. The molecule has 0 bridgehead atoms. The van der Waals surface area contributed by atoms with Crippen molar-refractivity contribution in [2.24, 2.45) is 0 Å². The molecule has 1 aliphatic rings. The fraction of sp³-hybridized carbons (Fsp3) is 0.118. The molecule has 0 unspecified atom stereocenters. The Hall–Kier alpha value is -2.80. The summed E-state index contributed by atoms with van der Waals surface area (Å²) < 4.78 is 5.13. The number of furan rings is 1. The Labute approximate surface area is 142 Å². The number of thioether (sulfide) groups is 1. The minimum Gasteiger partial charge on any atom is -0.465 e. The van der Waals surface area contributed by atoms with Gasteiger partial charge in [0.2, 0.25) is 5.91 Å². The molecule has 6 nitrogen and oxygen atoms in total. The summed E-state index contributed by atoms with van der Waals surface area (Å²) in [5.74, 6) is -0.451. The second kappa shape index (κ2) is 6.76. The van der Waals surface area contributed by atoms with Crippen molar-refractivity contribution in [3.05, 3.63) is 58.9 Å². The van der Waals surface area contributed by atoms with Gasteiger partial charge < -0.3 is 9.73 Å². The normalized spacial score (nSPS) is 16.0. The molecule has 1 fully saturated rings. The summed E-state index contributed by atoms with van der Waals surface area (Å²) in [6.45, 7) is 1.58. The molecule has 3 rings (SSSR count). The topological polar surface area (TPSA) is 79.6 Å². The summed E-state index contributed by atoms with van der Waals surface area (Å²) in [5.41, 5.74) is 1.62. The van der Waals surface area contributed by atoms with Crippen molar-refractivity contribution in [2.75, 3.05) is 11.9 Å². The lowest BCUT2D eigenvalue weighted by Crippen LogP contribution is -2.36. The van der Waals surface area contributed by atoms with E-state index in [9.17, 15) is 14.4 Å². The summed E-state index contributed by atoms with van der Waals surface area (Å²) in [6, 6.07) is 10.6. The van der Waals surface area contributed by atoms with E-state index in [0.29, 0.717) is 11.4 Å². The summed E-state index contributed by atoms with van der Waals surface area (Å²) >= 11 is 0.789. The predicted octanol–water partition coefficient (Wildman–Crippen LogP) is 3.26. The molecule has 0 radical (unpaired) electrons. The number of hydrogen-bond donors (Lipinski definition) is 1. The zero-order valence-corrected chi connectivity index (χ0v) is 13.6. The third-order valence-corrected chi connectivity index (χ3v) is 4.20. The summed E-state index contributed by atoms with van der Waals surface area (Å²) in [4.78, 5) is 37.5. The Kier molecular flexibility index (Phi) is 4.52. The third-order valence-electron chi connectivity index (χ3n) is 3.29. The van der Waals surface area contributed by atoms with Crippen LogP contribution in [-0.2, 0) is 9.59 Å². The highest BCUT2D eigenvalue weighted by molar-refractivity contribution is 8.18. The van der Waals surface area contributed by atoms with Crippen LogP contribution in [-0.4, -0.2) is 28.5 Å². The van der Waals surface area contributed by atoms with Crippen molar-refractivity contribution < 1.29 is 18.8 Å². The van der Waals surface area contributed by atoms with Gasteiger partial charge in [0.25, 0.3) is 11.1 Å².